The van der Waals surface area contributed by atoms with Crippen molar-refractivity contribution >= 4 is 5.91 Å². The van der Waals surface area contributed by atoms with Crippen LogP contribution in [-0.2, 0) is 6.42 Å². The fourth-order valence-electron chi connectivity index (χ4n) is 2.89. The molecule has 2 rings (SSSR count). The van der Waals surface area contributed by atoms with Gasteiger partial charge in [0.2, 0.25) is 0 Å². The lowest BCUT2D eigenvalue weighted by Gasteiger charge is -2.29. The first-order chi connectivity index (χ1) is 9.77. The number of rotatable bonds is 4. The molecule has 20 heavy (non-hydrogen) atoms. The number of carbonyl (C=O) groups is 1. The second-order valence-corrected chi connectivity index (χ2v) is 5.38. The van der Waals surface area contributed by atoms with Gasteiger partial charge >= 0.3 is 0 Å². The van der Waals surface area contributed by atoms with Crippen molar-refractivity contribution in [2.75, 3.05) is 19.7 Å². The van der Waals surface area contributed by atoms with Gasteiger partial charge in [0.05, 0.1) is 12.6 Å². The molecule has 1 aromatic rings. The highest BCUT2D eigenvalue weighted by atomic mass is 16.3. The van der Waals surface area contributed by atoms with Gasteiger partial charge in [-0.3, -0.25) is 4.79 Å². The van der Waals surface area contributed by atoms with E-state index < -0.39 is 0 Å². The third-order valence-electron chi connectivity index (χ3n) is 4.01. The molecule has 1 atom stereocenters. The fraction of sp³-hybridized carbons (Fsp3) is 0.562. The Bertz CT molecular complexity index is 448. The molecule has 1 aliphatic rings. The third-order valence-corrected chi connectivity index (χ3v) is 4.01. The van der Waals surface area contributed by atoms with E-state index in [9.17, 15) is 9.90 Å². The van der Waals surface area contributed by atoms with E-state index in [1.165, 1.54) is 0 Å². The first-order valence-electron chi connectivity index (χ1n) is 7.47. The maximum atomic E-state index is 12.8. The quantitative estimate of drug-likeness (QED) is 0.877. The number of likely N-dealkylation sites (tertiary alicyclic amines) is 1. The fourth-order valence-corrected chi connectivity index (χ4v) is 2.89. The van der Waals surface area contributed by atoms with Gasteiger partial charge in [-0.2, -0.15) is 0 Å². The summed E-state index contributed by atoms with van der Waals surface area (Å²) in [6, 6.07) is 7.61. The maximum Gasteiger partial charge on any atom is 0.254 e. The van der Waals surface area contributed by atoms with Gasteiger partial charge in [0, 0.05) is 12.1 Å². The van der Waals surface area contributed by atoms with Gasteiger partial charge in [0.1, 0.15) is 0 Å². The molecule has 0 bridgehead atoms. The van der Waals surface area contributed by atoms with Crippen LogP contribution >= 0.6 is 0 Å². The largest absolute Gasteiger partial charge is 0.394 e. The zero-order chi connectivity index (χ0) is 14.4. The van der Waals surface area contributed by atoms with Crippen molar-refractivity contribution in [3.8, 4) is 0 Å². The average Bonchev–Trinajstić information content (AvgIpc) is 2.72. The second kappa shape index (κ2) is 7.41. The van der Waals surface area contributed by atoms with Crippen LogP contribution in [0.3, 0.4) is 0 Å². The summed E-state index contributed by atoms with van der Waals surface area (Å²) in [6.07, 6.45) is 4.83. The lowest BCUT2D eigenvalue weighted by atomic mass is 10.0. The van der Waals surface area contributed by atoms with E-state index in [2.05, 4.69) is 0 Å². The molecule has 1 heterocycles. The van der Waals surface area contributed by atoms with Crippen LogP contribution < -0.4 is 5.73 Å². The van der Waals surface area contributed by atoms with Crippen molar-refractivity contribution in [2.45, 2.75) is 38.1 Å². The molecule has 0 radical (unpaired) electrons. The van der Waals surface area contributed by atoms with Gasteiger partial charge in [-0.25, -0.2) is 0 Å². The van der Waals surface area contributed by atoms with Gasteiger partial charge in [-0.1, -0.05) is 31.0 Å². The summed E-state index contributed by atoms with van der Waals surface area (Å²) in [4.78, 5) is 14.6. The molecular formula is C16H24N2O2. The summed E-state index contributed by atoms with van der Waals surface area (Å²) in [7, 11) is 0. The molecule has 110 valence electrons. The minimum absolute atomic E-state index is 0.0370. The lowest BCUT2D eigenvalue weighted by molar-refractivity contribution is 0.0598. The number of aliphatic hydroxyl groups excluding tert-OH is 1. The maximum absolute atomic E-state index is 12.8. The standard InChI is InChI=1S/C16H24N2O2/c17-10-9-13-6-3-4-8-15(13)16(20)18-11-5-1-2-7-14(18)12-19/h3-4,6,8,14,19H,1-2,5,7,9-12,17H2. The Morgan fingerprint density at radius 3 is 2.85 bits per heavy atom. The van der Waals surface area contributed by atoms with Crippen LogP contribution in [0.1, 0.15) is 41.6 Å². The zero-order valence-corrected chi connectivity index (χ0v) is 11.9. The molecule has 1 aromatic carbocycles. The van der Waals surface area contributed by atoms with Crippen LogP contribution in [0, 0.1) is 0 Å². The van der Waals surface area contributed by atoms with Crippen molar-refractivity contribution in [2.24, 2.45) is 5.73 Å². The second-order valence-electron chi connectivity index (χ2n) is 5.38. The molecule has 0 aliphatic carbocycles. The number of aliphatic hydroxyl groups is 1. The Kier molecular flexibility index (Phi) is 5.56. The highest BCUT2D eigenvalue weighted by Gasteiger charge is 2.26. The predicted molar refractivity (Wildman–Crippen MR) is 79.6 cm³/mol. The Balaban J connectivity index is 2.24. The summed E-state index contributed by atoms with van der Waals surface area (Å²) in [6.45, 7) is 1.32. The topological polar surface area (TPSA) is 66.6 Å². The predicted octanol–water partition coefficient (Wildman–Crippen LogP) is 1.56. The Labute approximate surface area is 120 Å². The van der Waals surface area contributed by atoms with Crippen LogP contribution in [0.5, 0.6) is 0 Å². The van der Waals surface area contributed by atoms with Gasteiger partial charge in [-0.15, -0.1) is 0 Å². The minimum atomic E-state index is -0.0454. The van der Waals surface area contributed by atoms with Crippen molar-refractivity contribution in [3.05, 3.63) is 35.4 Å². The third kappa shape index (κ3) is 3.38. The van der Waals surface area contributed by atoms with E-state index in [-0.39, 0.29) is 18.6 Å². The highest BCUT2D eigenvalue weighted by molar-refractivity contribution is 5.96. The molecule has 1 amide bonds. The van der Waals surface area contributed by atoms with Gasteiger partial charge in [0.15, 0.2) is 0 Å². The minimum Gasteiger partial charge on any atom is -0.394 e. The van der Waals surface area contributed by atoms with Crippen LogP contribution in [-0.4, -0.2) is 41.7 Å². The molecule has 3 N–H and O–H groups in total. The molecule has 0 aromatic heterocycles. The number of nitrogens with two attached hydrogens (primary N) is 1. The van der Waals surface area contributed by atoms with E-state index in [1.807, 2.05) is 29.2 Å². The molecule has 4 nitrogen and oxygen atoms in total. The molecule has 4 heteroatoms. The molecule has 0 saturated carbocycles. The summed E-state index contributed by atoms with van der Waals surface area (Å²) >= 11 is 0. The Morgan fingerprint density at radius 1 is 1.30 bits per heavy atom. The number of benzene rings is 1. The molecular weight excluding hydrogens is 252 g/mol. The lowest BCUT2D eigenvalue weighted by Crippen LogP contribution is -2.42. The summed E-state index contributed by atoms with van der Waals surface area (Å²) < 4.78 is 0. The average molecular weight is 276 g/mol. The molecule has 1 saturated heterocycles. The smallest absolute Gasteiger partial charge is 0.254 e. The van der Waals surface area contributed by atoms with Crippen LogP contribution in [0.2, 0.25) is 0 Å². The van der Waals surface area contributed by atoms with E-state index >= 15 is 0 Å². The van der Waals surface area contributed by atoms with E-state index in [0.29, 0.717) is 13.0 Å². The van der Waals surface area contributed by atoms with Gasteiger partial charge in [-0.05, 0) is 37.4 Å². The van der Waals surface area contributed by atoms with E-state index in [4.69, 9.17) is 5.73 Å². The Hall–Kier alpha value is -1.39. The first kappa shape index (κ1) is 15.0. The monoisotopic (exact) mass is 276 g/mol. The summed E-state index contributed by atoms with van der Waals surface area (Å²) in [5.41, 5.74) is 7.36. The van der Waals surface area contributed by atoms with Gasteiger partial charge in [0.25, 0.3) is 5.91 Å². The van der Waals surface area contributed by atoms with Crippen LogP contribution in [0.15, 0.2) is 24.3 Å². The van der Waals surface area contributed by atoms with Crippen molar-refractivity contribution < 1.29 is 9.90 Å². The molecule has 0 spiro atoms. The number of hydrogen-bond acceptors (Lipinski definition) is 3. The SMILES string of the molecule is NCCc1ccccc1C(=O)N1CCCCCC1CO. The molecule has 1 aliphatic heterocycles. The number of carbonyl (C=O) groups excluding carboxylic acids is 1. The number of nitrogens with zero attached hydrogens (tertiary/aromatic N) is 1. The first-order valence-corrected chi connectivity index (χ1v) is 7.47. The van der Waals surface area contributed by atoms with Crippen molar-refractivity contribution in [1.82, 2.24) is 4.90 Å². The van der Waals surface area contributed by atoms with E-state index in [0.717, 1.165) is 43.4 Å². The molecule has 1 unspecified atom stereocenters. The summed E-state index contributed by atoms with van der Waals surface area (Å²) in [5.74, 6) is 0.0370. The molecule has 1 fully saturated rings. The van der Waals surface area contributed by atoms with Gasteiger partial charge < -0.3 is 15.7 Å². The van der Waals surface area contributed by atoms with Crippen molar-refractivity contribution in [1.29, 1.82) is 0 Å². The van der Waals surface area contributed by atoms with Crippen LogP contribution in [0.4, 0.5) is 0 Å². The summed E-state index contributed by atoms with van der Waals surface area (Å²) in [5, 5.41) is 9.54. The normalized spacial score (nSPS) is 19.7. The zero-order valence-electron chi connectivity index (χ0n) is 11.9. The highest BCUT2D eigenvalue weighted by Crippen LogP contribution is 2.21. The number of hydrogen-bond donors (Lipinski definition) is 2. The van der Waals surface area contributed by atoms with Crippen LogP contribution in [0.25, 0.3) is 0 Å². The Morgan fingerprint density at radius 2 is 2.10 bits per heavy atom. The number of amides is 1. The van der Waals surface area contributed by atoms with E-state index in [1.54, 1.807) is 0 Å². The van der Waals surface area contributed by atoms with Crippen molar-refractivity contribution in [3.63, 3.8) is 0 Å².